The first-order valence-corrected chi connectivity index (χ1v) is 6.30. The van der Waals surface area contributed by atoms with Gasteiger partial charge in [0, 0.05) is 18.7 Å². The van der Waals surface area contributed by atoms with E-state index in [-0.39, 0.29) is 5.91 Å². The van der Waals surface area contributed by atoms with E-state index in [0.717, 1.165) is 25.4 Å². The maximum atomic E-state index is 11.9. The normalized spacial score (nSPS) is 19.8. The second-order valence-corrected chi connectivity index (χ2v) is 4.86. The number of carbonyl (C=O) groups is 1. The van der Waals surface area contributed by atoms with Crippen LogP contribution in [0.4, 0.5) is 0 Å². The Labute approximate surface area is 108 Å². The topological polar surface area (TPSA) is 41.6 Å². The van der Waals surface area contributed by atoms with Crippen molar-refractivity contribution >= 4 is 5.91 Å². The van der Waals surface area contributed by atoms with Gasteiger partial charge in [-0.2, -0.15) is 0 Å². The fraction of sp³-hybridized carbons (Fsp3) is 0.500. The van der Waals surface area contributed by atoms with Crippen LogP contribution in [0, 0.1) is 5.92 Å². The third kappa shape index (κ3) is 3.23. The Kier molecular flexibility index (Phi) is 4.20. The van der Waals surface area contributed by atoms with Crippen molar-refractivity contribution in [3.63, 3.8) is 0 Å². The van der Waals surface area contributed by atoms with Crippen LogP contribution in [0.2, 0.25) is 0 Å². The molecule has 0 bridgehead atoms. The molecule has 18 heavy (non-hydrogen) atoms. The lowest BCUT2D eigenvalue weighted by Crippen LogP contribution is -2.30. The number of benzene rings is 1. The number of hydrogen-bond acceptors (Lipinski definition) is 3. The standard InChI is InChI=1S/C14H20N2O2/c1-16-8-7-11(10-16)9-15-14(17)12-3-5-13(18-2)6-4-12/h3-6,11H,7-10H2,1-2H3,(H,15,17). The van der Waals surface area contributed by atoms with Gasteiger partial charge >= 0.3 is 0 Å². The molecule has 0 aromatic heterocycles. The average molecular weight is 248 g/mol. The Morgan fingerprint density at radius 2 is 2.17 bits per heavy atom. The smallest absolute Gasteiger partial charge is 0.251 e. The van der Waals surface area contributed by atoms with Gasteiger partial charge in [0.1, 0.15) is 5.75 Å². The zero-order chi connectivity index (χ0) is 13.0. The molecule has 1 aromatic rings. The van der Waals surface area contributed by atoms with E-state index >= 15 is 0 Å². The molecule has 1 unspecified atom stereocenters. The lowest BCUT2D eigenvalue weighted by Gasteiger charge is -2.11. The molecule has 98 valence electrons. The molecule has 2 rings (SSSR count). The highest BCUT2D eigenvalue weighted by atomic mass is 16.5. The molecule has 4 nitrogen and oxygen atoms in total. The molecule has 1 N–H and O–H groups in total. The minimum Gasteiger partial charge on any atom is -0.497 e. The summed E-state index contributed by atoms with van der Waals surface area (Å²) in [6.07, 6.45) is 1.17. The average Bonchev–Trinajstić information content (AvgIpc) is 2.82. The highest BCUT2D eigenvalue weighted by molar-refractivity contribution is 5.94. The number of nitrogens with one attached hydrogen (secondary N) is 1. The van der Waals surface area contributed by atoms with E-state index < -0.39 is 0 Å². The van der Waals surface area contributed by atoms with Gasteiger partial charge in [0.05, 0.1) is 7.11 Å². The summed E-state index contributed by atoms with van der Waals surface area (Å²) < 4.78 is 5.06. The second-order valence-electron chi connectivity index (χ2n) is 4.86. The Bertz CT molecular complexity index is 403. The molecule has 1 aromatic carbocycles. The lowest BCUT2D eigenvalue weighted by molar-refractivity contribution is 0.0947. The number of amides is 1. The van der Waals surface area contributed by atoms with Crippen LogP contribution in [-0.2, 0) is 0 Å². The summed E-state index contributed by atoms with van der Waals surface area (Å²) in [6, 6.07) is 7.18. The van der Waals surface area contributed by atoms with Gasteiger partial charge in [0.15, 0.2) is 0 Å². The summed E-state index contributed by atoms with van der Waals surface area (Å²) in [4.78, 5) is 14.2. The summed E-state index contributed by atoms with van der Waals surface area (Å²) in [6.45, 7) is 2.96. The maximum absolute atomic E-state index is 11.9. The van der Waals surface area contributed by atoms with Crippen molar-refractivity contribution in [1.82, 2.24) is 10.2 Å². The van der Waals surface area contributed by atoms with Crippen LogP contribution in [0.5, 0.6) is 5.75 Å². The van der Waals surface area contributed by atoms with Gasteiger partial charge in [-0.3, -0.25) is 4.79 Å². The molecule has 1 saturated heterocycles. The molecule has 0 aliphatic carbocycles. The van der Waals surface area contributed by atoms with Crippen LogP contribution in [0.1, 0.15) is 16.8 Å². The Balaban J connectivity index is 1.83. The molecule has 0 saturated carbocycles. The van der Waals surface area contributed by atoms with Crippen LogP contribution in [0.25, 0.3) is 0 Å². The van der Waals surface area contributed by atoms with Gasteiger partial charge in [-0.15, -0.1) is 0 Å². The van der Waals surface area contributed by atoms with Gasteiger partial charge in [-0.25, -0.2) is 0 Å². The van der Waals surface area contributed by atoms with Crippen molar-refractivity contribution in [2.75, 3.05) is 33.8 Å². The van der Waals surface area contributed by atoms with E-state index in [1.165, 1.54) is 6.42 Å². The summed E-state index contributed by atoms with van der Waals surface area (Å²) in [5.41, 5.74) is 0.683. The molecule has 1 aliphatic heterocycles. The first-order valence-electron chi connectivity index (χ1n) is 6.30. The summed E-state index contributed by atoms with van der Waals surface area (Å²) in [5.74, 6) is 1.34. The first kappa shape index (κ1) is 12.9. The molecule has 1 amide bonds. The highest BCUT2D eigenvalue weighted by Crippen LogP contribution is 2.14. The largest absolute Gasteiger partial charge is 0.497 e. The zero-order valence-electron chi connectivity index (χ0n) is 11.0. The van der Waals surface area contributed by atoms with Crippen LogP contribution in [0.15, 0.2) is 24.3 Å². The van der Waals surface area contributed by atoms with Crippen molar-refractivity contribution in [3.05, 3.63) is 29.8 Å². The van der Waals surface area contributed by atoms with Crippen LogP contribution < -0.4 is 10.1 Å². The number of methoxy groups -OCH3 is 1. The number of rotatable bonds is 4. The van der Waals surface area contributed by atoms with Crippen molar-refractivity contribution in [2.24, 2.45) is 5.92 Å². The second kappa shape index (κ2) is 5.87. The monoisotopic (exact) mass is 248 g/mol. The number of carbonyl (C=O) groups excluding carboxylic acids is 1. The van der Waals surface area contributed by atoms with E-state index in [1.807, 2.05) is 0 Å². The first-order chi connectivity index (χ1) is 8.69. The minimum absolute atomic E-state index is 0.00722. The molecule has 1 heterocycles. The van der Waals surface area contributed by atoms with Crippen molar-refractivity contribution in [3.8, 4) is 5.75 Å². The predicted molar refractivity (Wildman–Crippen MR) is 70.9 cm³/mol. The molecule has 4 heteroatoms. The summed E-state index contributed by atoms with van der Waals surface area (Å²) in [5, 5.41) is 2.99. The number of likely N-dealkylation sites (tertiary alicyclic amines) is 1. The predicted octanol–water partition coefficient (Wildman–Crippen LogP) is 1.38. The summed E-state index contributed by atoms with van der Waals surface area (Å²) >= 11 is 0. The molecule has 0 spiro atoms. The SMILES string of the molecule is COc1ccc(C(=O)NCC2CCN(C)C2)cc1. The van der Waals surface area contributed by atoms with Gasteiger partial charge in [0.2, 0.25) is 0 Å². The van der Waals surface area contributed by atoms with Crippen molar-refractivity contribution in [1.29, 1.82) is 0 Å². The quantitative estimate of drug-likeness (QED) is 0.875. The number of hydrogen-bond donors (Lipinski definition) is 1. The maximum Gasteiger partial charge on any atom is 0.251 e. The summed E-state index contributed by atoms with van der Waals surface area (Å²) in [7, 11) is 3.73. The zero-order valence-corrected chi connectivity index (χ0v) is 11.0. The van der Waals surface area contributed by atoms with Crippen LogP contribution >= 0.6 is 0 Å². The number of ether oxygens (including phenoxy) is 1. The molecule has 0 radical (unpaired) electrons. The van der Waals surface area contributed by atoms with E-state index in [2.05, 4.69) is 17.3 Å². The molecule has 1 aliphatic rings. The van der Waals surface area contributed by atoms with Gasteiger partial charge < -0.3 is 15.0 Å². The molecule has 1 fully saturated rings. The van der Waals surface area contributed by atoms with Crippen LogP contribution in [-0.4, -0.2) is 44.6 Å². The van der Waals surface area contributed by atoms with Crippen molar-refractivity contribution in [2.45, 2.75) is 6.42 Å². The molecular weight excluding hydrogens is 228 g/mol. The minimum atomic E-state index is -0.00722. The van der Waals surface area contributed by atoms with E-state index in [9.17, 15) is 4.79 Å². The van der Waals surface area contributed by atoms with E-state index in [4.69, 9.17) is 4.74 Å². The molecule has 1 atom stereocenters. The van der Waals surface area contributed by atoms with Gasteiger partial charge in [-0.05, 0) is 50.2 Å². The van der Waals surface area contributed by atoms with E-state index in [1.54, 1.807) is 31.4 Å². The van der Waals surface area contributed by atoms with Crippen molar-refractivity contribution < 1.29 is 9.53 Å². The fourth-order valence-electron chi connectivity index (χ4n) is 2.27. The van der Waals surface area contributed by atoms with Crippen LogP contribution in [0.3, 0.4) is 0 Å². The number of nitrogens with zero attached hydrogens (tertiary/aromatic N) is 1. The Morgan fingerprint density at radius 1 is 1.44 bits per heavy atom. The van der Waals surface area contributed by atoms with Gasteiger partial charge in [-0.1, -0.05) is 0 Å². The third-order valence-corrected chi connectivity index (χ3v) is 3.39. The fourth-order valence-corrected chi connectivity index (χ4v) is 2.27. The Morgan fingerprint density at radius 3 is 2.72 bits per heavy atom. The lowest BCUT2D eigenvalue weighted by atomic mass is 10.1. The van der Waals surface area contributed by atoms with E-state index in [0.29, 0.717) is 11.5 Å². The Hall–Kier alpha value is -1.55. The highest BCUT2D eigenvalue weighted by Gasteiger charge is 2.19. The molecular formula is C14H20N2O2. The van der Waals surface area contributed by atoms with Gasteiger partial charge in [0.25, 0.3) is 5.91 Å². The third-order valence-electron chi connectivity index (χ3n) is 3.39.